The fourth-order valence-corrected chi connectivity index (χ4v) is 1.74. The zero-order valence-electron chi connectivity index (χ0n) is 9.97. The predicted molar refractivity (Wildman–Crippen MR) is 58.3 cm³/mol. The lowest BCUT2D eigenvalue weighted by Crippen LogP contribution is -2.49. The zero-order chi connectivity index (χ0) is 10.8. The molecule has 0 saturated heterocycles. The summed E-state index contributed by atoms with van der Waals surface area (Å²) >= 11 is 0. The van der Waals surface area contributed by atoms with Crippen molar-refractivity contribution in [2.45, 2.75) is 77.1 Å². The molecule has 0 bridgehead atoms. The Hall–Kier alpha value is -0.0800. The molecule has 1 N–H and O–H groups in total. The molecule has 14 heavy (non-hydrogen) atoms. The molecule has 1 rings (SSSR count). The molecular weight excluding hydrogens is 176 g/mol. The first-order valence-electron chi connectivity index (χ1n) is 5.73. The molecule has 2 heteroatoms. The summed E-state index contributed by atoms with van der Waals surface area (Å²) in [6.07, 6.45) is 6.53. The molecule has 0 unspecified atom stereocenters. The number of hydrogen-bond donors (Lipinski definition) is 1. The fraction of sp³-hybridized carbons (Fsp3) is 1.00. The van der Waals surface area contributed by atoms with Crippen LogP contribution in [0.3, 0.4) is 0 Å². The highest BCUT2D eigenvalue weighted by Crippen LogP contribution is 2.31. The molecular formula is C12H24O2. The second kappa shape index (κ2) is 4.19. The summed E-state index contributed by atoms with van der Waals surface area (Å²) in [4.78, 5) is 0. The molecule has 0 atom stereocenters. The molecule has 0 aromatic heterocycles. The molecule has 1 saturated carbocycles. The highest BCUT2D eigenvalue weighted by molar-refractivity contribution is 4.88. The van der Waals surface area contributed by atoms with Crippen LogP contribution in [0.5, 0.6) is 0 Å². The van der Waals surface area contributed by atoms with Crippen LogP contribution in [0.1, 0.15) is 59.8 Å². The van der Waals surface area contributed by atoms with Crippen LogP contribution in [0.25, 0.3) is 0 Å². The molecule has 0 aliphatic heterocycles. The topological polar surface area (TPSA) is 29.5 Å². The quantitative estimate of drug-likeness (QED) is 0.759. The van der Waals surface area contributed by atoms with Gasteiger partial charge in [0.1, 0.15) is 0 Å². The summed E-state index contributed by atoms with van der Waals surface area (Å²) < 4.78 is 5.99. The molecule has 1 aliphatic carbocycles. The Morgan fingerprint density at radius 3 is 1.93 bits per heavy atom. The van der Waals surface area contributed by atoms with Crippen LogP contribution >= 0.6 is 0 Å². The van der Waals surface area contributed by atoms with Crippen molar-refractivity contribution in [2.75, 3.05) is 0 Å². The van der Waals surface area contributed by atoms with E-state index in [1.54, 1.807) is 0 Å². The third kappa shape index (κ3) is 2.96. The molecule has 1 fully saturated rings. The van der Waals surface area contributed by atoms with E-state index in [2.05, 4.69) is 0 Å². The van der Waals surface area contributed by atoms with Gasteiger partial charge in [-0.15, -0.1) is 0 Å². The average Bonchev–Trinajstić information content (AvgIpc) is 2.03. The molecule has 84 valence electrons. The Bertz CT molecular complexity index is 173. The number of hydrogen-bond acceptors (Lipinski definition) is 2. The van der Waals surface area contributed by atoms with Gasteiger partial charge in [-0.2, -0.15) is 0 Å². The van der Waals surface area contributed by atoms with Gasteiger partial charge in [0.05, 0.1) is 17.3 Å². The van der Waals surface area contributed by atoms with Gasteiger partial charge >= 0.3 is 0 Å². The summed E-state index contributed by atoms with van der Waals surface area (Å²) in [5, 5.41) is 9.95. The van der Waals surface area contributed by atoms with Gasteiger partial charge in [-0.05, 0) is 40.5 Å². The van der Waals surface area contributed by atoms with Crippen LogP contribution in [-0.4, -0.2) is 22.4 Å². The van der Waals surface area contributed by atoms with Crippen molar-refractivity contribution in [1.29, 1.82) is 0 Å². The molecule has 0 radical (unpaired) electrons. The van der Waals surface area contributed by atoms with Gasteiger partial charge in [0.25, 0.3) is 0 Å². The largest absolute Gasteiger partial charge is 0.387 e. The minimum atomic E-state index is -0.773. The SMILES string of the molecule is CC(C)(O)C(C)(C)OC1CCCCC1. The lowest BCUT2D eigenvalue weighted by Gasteiger charge is -2.40. The monoisotopic (exact) mass is 200 g/mol. The Kier molecular flexibility index (Phi) is 3.59. The van der Waals surface area contributed by atoms with Gasteiger partial charge in [-0.25, -0.2) is 0 Å². The molecule has 0 amide bonds. The Labute approximate surface area is 87.7 Å². The first-order valence-corrected chi connectivity index (χ1v) is 5.73. The Morgan fingerprint density at radius 1 is 1.00 bits per heavy atom. The lowest BCUT2D eigenvalue weighted by molar-refractivity contribution is -0.179. The van der Waals surface area contributed by atoms with E-state index in [0.29, 0.717) is 6.10 Å². The maximum Gasteiger partial charge on any atom is 0.0910 e. The number of aliphatic hydroxyl groups is 1. The van der Waals surface area contributed by atoms with Gasteiger partial charge in [-0.1, -0.05) is 19.3 Å². The molecule has 0 heterocycles. The van der Waals surface area contributed by atoms with Gasteiger partial charge in [-0.3, -0.25) is 0 Å². The van der Waals surface area contributed by atoms with Crippen molar-refractivity contribution in [2.24, 2.45) is 0 Å². The molecule has 0 spiro atoms. The fourth-order valence-electron chi connectivity index (χ4n) is 1.74. The van der Waals surface area contributed by atoms with E-state index in [4.69, 9.17) is 4.74 Å². The van der Waals surface area contributed by atoms with E-state index in [-0.39, 0.29) is 0 Å². The van der Waals surface area contributed by atoms with Crippen LogP contribution < -0.4 is 0 Å². The summed E-state index contributed by atoms with van der Waals surface area (Å²) in [5.74, 6) is 0. The Morgan fingerprint density at radius 2 is 1.50 bits per heavy atom. The van der Waals surface area contributed by atoms with E-state index < -0.39 is 11.2 Å². The second-order valence-electron chi connectivity index (χ2n) is 5.45. The summed E-state index contributed by atoms with van der Waals surface area (Å²) in [5.41, 5.74) is -1.22. The van der Waals surface area contributed by atoms with E-state index >= 15 is 0 Å². The van der Waals surface area contributed by atoms with Crippen LogP contribution in [-0.2, 0) is 4.74 Å². The minimum Gasteiger partial charge on any atom is -0.387 e. The van der Waals surface area contributed by atoms with Crippen LogP contribution in [0.2, 0.25) is 0 Å². The van der Waals surface area contributed by atoms with Gasteiger partial charge in [0.2, 0.25) is 0 Å². The van der Waals surface area contributed by atoms with Crippen LogP contribution in [0.15, 0.2) is 0 Å². The first-order chi connectivity index (χ1) is 6.33. The molecule has 2 nitrogen and oxygen atoms in total. The highest BCUT2D eigenvalue weighted by atomic mass is 16.5. The van der Waals surface area contributed by atoms with E-state index in [0.717, 1.165) is 12.8 Å². The Balaban J connectivity index is 2.49. The predicted octanol–water partition coefficient (Wildman–Crippen LogP) is 2.89. The van der Waals surface area contributed by atoms with Crippen molar-refractivity contribution < 1.29 is 9.84 Å². The van der Waals surface area contributed by atoms with Gasteiger partial charge < -0.3 is 9.84 Å². The standard InChI is InChI=1S/C12H24O2/c1-11(2,13)12(3,4)14-10-8-6-5-7-9-10/h10,13H,5-9H2,1-4H3. The number of rotatable bonds is 3. The summed E-state index contributed by atoms with van der Waals surface area (Å²) in [6, 6.07) is 0. The summed E-state index contributed by atoms with van der Waals surface area (Å²) in [6.45, 7) is 7.58. The van der Waals surface area contributed by atoms with Crippen molar-refractivity contribution in [1.82, 2.24) is 0 Å². The van der Waals surface area contributed by atoms with Crippen molar-refractivity contribution >= 4 is 0 Å². The lowest BCUT2D eigenvalue weighted by atomic mass is 9.88. The smallest absolute Gasteiger partial charge is 0.0910 e. The van der Waals surface area contributed by atoms with Crippen molar-refractivity contribution in [3.05, 3.63) is 0 Å². The highest BCUT2D eigenvalue weighted by Gasteiger charge is 2.38. The van der Waals surface area contributed by atoms with E-state index in [1.165, 1.54) is 19.3 Å². The van der Waals surface area contributed by atoms with Crippen LogP contribution in [0.4, 0.5) is 0 Å². The number of ether oxygens (including phenoxy) is 1. The first kappa shape index (κ1) is 12.0. The molecule has 0 aromatic rings. The van der Waals surface area contributed by atoms with Crippen molar-refractivity contribution in [3.8, 4) is 0 Å². The third-order valence-corrected chi connectivity index (χ3v) is 3.49. The van der Waals surface area contributed by atoms with E-state index in [9.17, 15) is 5.11 Å². The minimum absolute atomic E-state index is 0.352. The second-order valence-corrected chi connectivity index (χ2v) is 5.45. The van der Waals surface area contributed by atoms with Crippen LogP contribution in [0, 0.1) is 0 Å². The van der Waals surface area contributed by atoms with E-state index in [1.807, 2.05) is 27.7 Å². The van der Waals surface area contributed by atoms with Gasteiger partial charge in [0.15, 0.2) is 0 Å². The average molecular weight is 200 g/mol. The summed E-state index contributed by atoms with van der Waals surface area (Å²) in [7, 11) is 0. The maximum atomic E-state index is 9.95. The molecule has 0 aromatic carbocycles. The third-order valence-electron chi connectivity index (χ3n) is 3.49. The normalized spacial score (nSPS) is 21.2. The van der Waals surface area contributed by atoms with Gasteiger partial charge in [0, 0.05) is 0 Å². The molecule has 1 aliphatic rings. The van der Waals surface area contributed by atoms with Crippen molar-refractivity contribution in [3.63, 3.8) is 0 Å². The zero-order valence-corrected chi connectivity index (χ0v) is 9.97. The maximum absolute atomic E-state index is 9.95.